The number of esters is 1. The van der Waals surface area contributed by atoms with Crippen LogP contribution in [0.4, 0.5) is 17.6 Å². The average Bonchev–Trinajstić information content (AvgIpc) is 2.25. The number of benzene rings is 1. The van der Waals surface area contributed by atoms with Crippen LogP contribution >= 0.6 is 0 Å². The normalized spacial score (nSPS) is 11.8. The van der Waals surface area contributed by atoms with E-state index >= 15 is 0 Å². The molecule has 0 atom stereocenters. The highest BCUT2D eigenvalue weighted by molar-refractivity contribution is 5.87. The van der Waals surface area contributed by atoms with E-state index in [-0.39, 0.29) is 5.56 Å². The molecular formula is C11H8F4O2. The number of hydrogen-bond acceptors (Lipinski definition) is 2. The van der Waals surface area contributed by atoms with Crippen LogP contribution in [-0.4, -0.2) is 13.1 Å². The molecule has 0 aliphatic rings. The average molecular weight is 248 g/mol. The minimum Gasteiger partial charge on any atom is -0.466 e. The van der Waals surface area contributed by atoms with E-state index in [1.54, 1.807) is 0 Å². The smallest absolute Gasteiger partial charge is 0.417 e. The highest BCUT2D eigenvalue weighted by Crippen LogP contribution is 2.33. The Bertz CT molecular complexity index is 449. The van der Waals surface area contributed by atoms with Gasteiger partial charge in [-0.3, -0.25) is 0 Å². The first kappa shape index (κ1) is 13.2. The van der Waals surface area contributed by atoms with Gasteiger partial charge in [-0.2, -0.15) is 13.2 Å². The SMILES string of the molecule is COC(=O)/C=C/c1ccc(F)cc1C(F)(F)F. The van der Waals surface area contributed by atoms with Crippen molar-refractivity contribution in [3.05, 3.63) is 41.2 Å². The molecule has 1 rings (SSSR count). The van der Waals surface area contributed by atoms with E-state index in [1.807, 2.05) is 0 Å². The van der Waals surface area contributed by atoms with Crippen molar-refractivity contribution < 1.29 is 27.1 Å². The number of ether oxygens (including phenoxy) is 1. The van der Waals surface area contributed by atoms with E-state index in [2.05, 4.69) is 4.74 Å². The van der Waals surface area contributed by atoms with Gasteiger partial charge in [0.2, 0.25) is 0 Å². The molecule has 0 radical (unpaired) electrons. The standard InChI is InChI=1S/C11H8F4O2/c1-17-10(16)5-3-7-2-4-8(12)6-9(7)11(13,14)15/h2-6H,1H3/b5-3+. The molecule has 1 aromatic rings. The molecule has 1 aromatic carbocycles. The summed E-state index contributed by atoms with van der Waals surface area (Å²) in [4.78, 5) is 10.7. The molecule has 0 bridgehead atoms. The van der Waals surface area contributed by atoms with Gasteiger partial charge in [-0.15, -0.1) is 0 Å². The number of hydrogen-bond donors (Lipinski definition) is 0. The summed E-state index contributed by atoms with van der Waals surface area (Å²) < 4.78 is 54.5. The Hall–Kier alpha value is -1.85. The van der Waals surface area contributed by atoms with E-state index in [0.717, 1.165) is 31.4 Å². The van der Waals surface area contributed by atoms with E-state index in [0.29, 0.717) is 6.07 Å². The first-order valence-electron chi connectivity index (χ1n) is 4.47. The zero-order valence-corrected chi connectivity index (χ0v) is 8.72. The third-order valence-electron chi connectivity index (χ3n) is 1.92. The van der Waals surface area contributed by atoms with Gasteiger partial charge in [-0.1, -0.05) is 6.07 Å². The first-order chi connectivity index (χ1) is 7.84. The summed E-state index contributed by atoms with van der Waals surface area (Å²) >= 11 is 0. The number of methoxy groups -OCH3 is 1. The first-order valence-corrected chi connectivity index (χ1v) is 4.47. The lowest BCUT2D eigenvalue weighted by Crippen LogP contribution is -2.08. The van der Waals surface area contributed by atoms with Crippen LogP contribution in [-0.2, 0) is 15.7 Å². The van der Waals surface area contributed by atoms with Gasteiger partial charge in [0.05, 0.1) is 12.7 Å². The van der Waals surface area contributed by atoms with Gasteiger partial charge in [-0.25, -0.2) is 9.18 Å². The van der Waals surface area contributed by atoms with Gasteiger partial charge in [0.15, 0.2) is 0 Å². The Morgan fingerprint density at radius 2 is 2.00 bits per heavy atom. The van der Waals surface area contributed by atoms with Gasteiger partial charge in [0.25, 0.3) is 0 Å². The van der Waals surface area contributed by atoms with Crippen molar-refractivity contribution in [2.75, 3.05) is 7.11 Å². The summed E-state index contributed by atoms with van der Waals surface area (Å²) in [7, 11) is 1.10. The summed E-state index contributed by atoms with van der Waals surface area (Å²) in [6.45, 7) is 0. The number of carbonyl (C=O) groups is 1. The lowest BCUT2D eigenvalue weighted by molar-refractivity contribution is -0.138. The molecule has 0 spiro atoms. The number of halogens is 4. The van der Waals surface area contributed by atoms with Crippen molar-refractivity contribution in [2.24, 2.45) is 0 Å². The van der Waals surface area contributed by atoms with E-state index in [9.17, 15) is 22.4 Å². The number of alkyl halides is 3. The predicted molar refractivity (Wildman–Crippen MR) is 52.5 cm³/mol. The topological polar surface area (TPSA) is 26.3 Å². The zero-order valence-electron chi connectivity index (χ0n) is 8.72. The highest BCUT2D eigenvalue weighted by Gasteiger charge is 2.33. The van der Waals surface area contributed by atoms with Crippen molar-refractivity contribution in [3.63, 3.8) is 0 Å². The molecule has 0 fully saturated rings. The van der Waals surface area contributed by atoms with E-state index in [4.69, 9.17) is 0 Å². The Balaban J connectivity index is 3.16. The van der Waals surface area contributed by atoms with Gasteiger partial charge in [0, 0.05) is 6.08 Å². The molecule has 0 aromatic heterocycles. The summed E-state index contributed by atoms with van der Waals surface area (Å²) in [5.41, 5.74) is -1.44. The molecule has 0 aliphatic heterocycles. The molecule has 0 unspecified atom stereocenters. The second-order valence-electron chi connectivity index (χ2n) is 3.09. The summed E-state index contributed by atoms with van der Waals surface area (Å²) in [5, 5.41) is 0. The molecule has 0 amide bonds. The van der Waals surface area contributed by atoms with E-state index < -0.39 is 23.5 Å². The van der Waals surface area contributed by atoms with Gasteiger partial charge >= 0.3 is 12.1 Å². The van der Waals surface area contributed by atoms with Crippen molar-refractivity contribution >= 4 is 12.0 Å². The number of carbonyl (C=O) groups excluding carboxylic acids is 1. The molecule has 17 heavy (non-hydrogen) atoms. The quantitative estimate of drug-likeness (QED) is 0.457. The van der Waals surface area contributed by atoms with Crippen LogP contribution in [0.3, 0.4) is 0 Å². The van der Waals surface area contributed by atoms with Crippen molar-refractivity contribution in [1.82, 2.24) is 0 Å². The maximum Gasteiger partial charge on any atom is 0.417 e. The third kappa shape index (κ3) is 3.58. The van der Waals surface area contributed by atoms with Gasteiger partial charge in [0.1, 0.15) is 5.82 Å². The van der Waals surface area contributed by atoms with Crippen LogP contribution in [0.15, 0.2) is 24.3 Å². The fourth-order valence-electron chi connectivity index (χ4n) is 1.15. The molecule has 0 N–H and O–H groups in total. The minimum absolute atomic E-state index is 0.302. The summed E-state index contributed by atoms with van der Waals surface area (Å²) in [5.74, 6) is -1.78. The second kappa shape index (κ2) is 4.99. The fraction of sp³-hybridized carbons (Fsp3) is 0.182. The second-order valence-corrected chi connectivity index (χ2v) is 3.09. The molecule has 0 saturated heterocycles. The molecule has 0 saturated carbocycles. The minimum atomic E-state index is -4.68. The van der Waals surface area contributed by atoms with Crippen molar-refractivity contribution in [3.8, 4) is 0 Å². The zero-order chi connectivity index (χ0) is 13.1. The van der Waals surface area contributed by atoms with Gasteiger partial charge < -0.3 is 4.74 Å². The van der Waals surface area contributed by atoms with Crippen LogP contribution in [0, 0.1) is 5.82 Å². The molecule has 6 heteroatoms. The third-order valence-corrected chi connectivity index (χ3v) is 1.92. The van der Waals surface area contributed by atoms with Crippen LogP contribution < -0.4 is 0 Å². The Labute approximate surface area is 94.5 Å². The lowest BCUT2D eigenvalue weighted by atomic mass is 10.1. The maximum atomic E-state index is 12.7. The molecule has 2 nitrogen and oxygen atoms in total. The summed E-state index contributed by atoms with van der Waals surface area (Å²) in [6, 6.07) is 2.20. The van der Waals surface area contributed by atoms with Crippen molar-refractivity contribution in [2.45, 2.75) is 6.18 Å². The lowest BCUT2D eigenvalue weighted by Gasteiger charge is -2.10. The van der Waals surface area contributed by atoms with Gasteiger partial charge in [-0.05, 0) is 23.8 Å². The van der Waals surface area contributed by atoms with Crippen LogP contribution in [0.2, 0.25) is 0 Å². The Morgan fingerprint density at radius 3 is 2.53 bits per heavy atom. The molecule has 0 heterocycles. The van der Waals surface area contributed by atoms with Crippen molar-refractivity contribution in [1.29, 1.82) is 0 Å². The maximum absolute atomic E-state index is 12.7. The Morgan fingerprint density at radius 1 is 1.35 bits per heavy atom. The highest BCUT2D eigenvalue weighted by atomic mass is 19.4. The van der Waals surface area contributed by atoms with E-state index in [1.165, 1.54) is 0 Å². The molecule has 92 valence electrons. The largest absolute Gasteiger partial charge is 0.466 e. The fourth-order valence-corrected chi connectivity index (χ4v) is 1.15. The summed E-state index contributed by atoms with van der Waals surface area (Å²) in [6.07, 6.45) is -2.92. The monoisotopic (exact) mass is 248 g/mol. The number of rotatable bonds is 2. The van der Waals surface area contributed by atoms with Crippen LogP contribution in [0.5, 0.6) is 0 Å². The molecular weight excluding hydrogens is 240 g/mol. The molecule has 0 aliphatic carbocycles. The predicted octanol–water partition coefficient (Wildman–Crippen LogP) is 3.03. The van der Waals surface area contributed by atoms with Crippen LogP contribution in [0.1, 0.15) is 11.1 Å². The Kier molecular flexibility index (Phi) is 3.88. The van der Waals surface area contributed by atoms with Crippen LogP contribution in [0.25, 0.3) is 6.08 Å².